The smallest absolute Gasteiger partial charge is 0.110 e. The number of aromatic nitrogens is 6. The van der Waals surface area contributed by atoms with E-state index in [0.717, 1.165) is 22.3 Å². The van der Waals surface area contributed by atoms with E-state index in [9.17, 15) is 5.26 Å². The van der Waals surface area contributed by atoms with Gasteiger partial charge in [0.2, 0.25) is 0 Å². The topological polar surface area (TPSA) is 76.7 Å². The van der Waals surface area contributed by atoms with Crippen LogP contribution in [-0.4, -0.2) is 29.2 Å². The lowest BCUT2D eigenvalue weighted by atomic mass is 10.1. The molecule has 0 spiro atoms. The highest BCUT2D eigenvalue weighted by molar-refractivity contribution is 5.77. The Balaban J connectivity index is 2.05. The average molecular weight is 289 g/mol. The van der Waals surface area contributed by atoms with Crippen molar-refractivity contribution in [3.63, 3.8) is 0 Å². The third-order valence-corrected chi connectivity index (χ3v) is 3.50. The van der Waals surface area contributed by atoms with E-state index in [1.165, 1.54) is 0 Å². The van der Waals surface area contributed by atoms with Crippen molar-refractivity contribution in [1.82, 2.24) is 29.2 Å². The summed E-state index contributed by atoms with van der Waals surface area (Å²) in [6.45, 7) is 0. The first-order valence-corrected chi connectivity index (χ1v) is 6.67. The van der Waals surface area contributed by atoms with Crippen LogP contribution in [-0.2, 0) is 7.05 Å². The first-order valence-electron chi connectivity index (χ1n) is 6.67. The van der Waals surface area contributed by atoms with Crippen LogP contribution >= 0.6 is 0 Å². The summed E-state index contributed by atoms with van der Waals surface area (Å²) in [6, 6.07) is 6.01. The van der Waals surface area contributed by atoms with Crippen molar-refractivity contribution in [3.8, 4) is 22.9 Å². The van der Waals surface area contributed by atoms with Gasteiger partial charge in [-0.2, -0.15) is 20.6 Å². The van der Waals surface area contributed by atoms with E-state index >= 15 is 0 Å². The van der Waals surface area contributed by atoms with Gasteiger partial charge < -0.3 is 0 Å². The van der Waals surface area contributed by atoms with Gasteiger partial charge in [0.05, 0.1) is 23.6 Å². The van der Waals surface area contributed by atoms with Gasteiger partial charge in [-0.3, -0.25) is 4.68 Å². The van der Waals surface area contributed by atoms with Crippen LogP contribution in [0.1, 0.15) is 5.56 Å². The maximum Gasteiger partial charge on any atom is 0.110 e. The molecule has 7 heteroatoms. The largest absolute Gasteiger partial charge is 0.275 e. The van der Waals surface area contributed by atoms with E-state index in [2.05, 4.69) is 21.4 Å². The van der Waals surface area contributed by atoms with Crippen molar-refractivity contribution >= 4 is 5.52 Å². The lowest BCUT2D eigenvalue weighted by molar-refractivity contribution is 0.768. The second-order valence-electron chi connectivity index (χ2n) is 4.93. The fourth-order valence-corrected chi connectivity index (χ4v) is 2.50. The highest BCUT2D eigenvalue weighted by atomic mass is 15.3. The molecule has 0 fully saturated rings. The summed E-state index contributed by atoms with van der Waals surface area (Å²) in [5.41, 5.74) is 3.99. The Morgan fingerprint density at radius 3 is 2.68 bits per heavy atom. The molecular weight excluding hydrogens is 278 g/mol. The summed E-state index contributed by atoms with van der Waals surface area (Å²) in [5, 5.41) is 22.0. The number of hydrogen-bond donors (Lipinski definition) is 0. The molecule has 4 aromatic rings. The van der Waals surface area contributed by atoms with Gasteiger partial charge in [0.15, 0.2) is 0 Å². The first-order chi connectivity index (χ1) is 10.8. The molecule has 0 amide bonds. The zero-order valence-electron chi connectivity index (χ0n) is 11.7. The van der Waals surface area contributed by atoms with Crippen LogP contribution in [0.4, 0.5) is 0 Å². The lowest BCUT2D eigenvalue weighted by Gasteiger charge is -2.08. The van der Waals surface area contributed by atoms with Gasteiger partial charge in [-0.05, 0) is 12.1 Å². The number of nitrogens with zero attached hydrogens (tertiary/aromatic N) is 7. The van der Waals surface area contributed by atoms with E-state index in [0.29, 0.717) is 5.56 Å². The number of pyridine rings is 1. The minimum absolute atomic E-state index is 0.517. The van der Waals surface area contributed by atoms with Crippen LogP contribution < -0.4 is 0 Å². The number of rotatable bonds is 2. The molecule has 0 unspecified atom stereocenters. The van der Waals surface area contributed by atoms with Crippen LogP contribution in [0.5, 0.6) is 0 Å². The predicted octanol–water partition coefficient (Wildman–Crippen LogP) is 1.79. The normalized spacial score (nSPS) is 10.9. The van der Waals surface area contributed by atoms with E-state index in [4.69, 9.17) is 0 Å². The van der Waals surface area contributed by atoms with Gasteiger partial charge in [0.25, 0.3) is 0 Å². The number of hydrogen-bond acceptors (Lipinski definition) is 4. The van der Waals surface area contributed by atoms with Crippen molar-refractivity contribution in [3.05, 3.63) is 54.9 Å². The van der Waals surface area contributed by atoms with Crippen molar-refractivity contribution in [2.45, 2.75) is 0 Å². The lowest BCUT2D eigenvalue weighted by Crippen LogP contribution is -2.00. The van der Waals surface area contributed by atoms with Crippen LogP contribution in [0, 0.1) is 11.3 Å². The number of aryl methyl sites for hydroxylation is 1. The standard InChI is InChI=1S/C15H11N7/c1-20-9-13(8-18-20)11-5-14(21-4-2-3-17-21)15-12(6-16)7-19-22(15)10-11/h2-5,7-10H,1H3. The third kappa shape index (κ3) is 1.78. The Labute approximate surface area is 125 Å². The molecule has 4 heterocycles. The summed E-state index contributed by atoms with van der Waals surface area (Å²) >= 11 is 0. The summed E-state index contributed by atoms with van der Waals surface area (Å²) in [7, 11) is 1.87. The highest BCUT2D eigenvalue weighted by Gasteiger charge is 2.14. The zero-order chi connectivity index (χ0) is 15.1. The average Bonchev–Trinajstić information content (AvgIpc) is 3.26. The molecule has 0 atom stereocenters. The molecule has 7 nitrogen and oxygen atoms in total. The molecule has 22 heavy (non-hydrogen) atoms. The Morgan fingerprint density at radius 1 is 1.09 bits per heavy atom. The van der Waals surface area contributed by atoms with Crippen LogP contribution in [0.3, 0.4) is 0 Å². The molecule has 0 aliphatic carbocycles. The number of nitriles is 1. The molecule has 0 radical (unpaired) electrons. The van der Waals surface area contributed by atoms with E-state index < -0.39 is 0 Å². The Hall–Kier alpha value is -3.40. The molecule has 106 valence electrons. The Morgan fingerprint density at radius 2 is 2.00 bits per heavy atom. The van der Waals surface area contributed by atoms with Crippen LogP contribution in [0.25, 0.3) is 22.3 Å². The monoisotopic (exact) mass is 289 g/mol. The van der Waals surface area contributed by atoms with Crippen LogP contribution in [0.15, 0.2) is 49.3 Å². The molecular formula is C15H11N7. The fraction of sp³-hybridized carbons (Fsp3) is 0.0667. The van der Waals surface area contributed by atoms with E-state index in [-0.39, 0.29) is 0 Å². The van der Waals surface area contributed by atoms with E-state index in [1.807, 2.05) is 37.8 Å². The first kappa shape index (κ1) is 12.3. The van der Waals surface area contributed by atoms with Gasteiger partial charge >= 0.3 is 0 Å². The van der Waals surface area contributed by atoms with Gasteiger partial charge in [-0.1, -0.05) is 0 Å². The van der Waals surface area contributed by atoms with Crippen LogP contribution in [0.2, 0.25) is 0 Å². The minimum Gasteiger partial charge on any atom is -0.275 e. The van der Waals surface area contributed by atoms with E-state index in [1.54, 1.807) is 32.5 Å². The molecule has 4 aromatic heterocycles. The maximum absolute atomic E-state index is 9.29. The second kappa shape index (κ2) is 4.56. The predicted molar refractivity (Wildman–Crippen MR) is 79.2 cm³/mol. The van der Waals surface area contributed by atoms with Gasteiger partial charge in [-0.25, -0.2) is 9.20 Å². The highest BCUT2D eigenvalue weighted by Crippen LogP contribution is 2.26. The summed E-state index contributed by atoms with van der Waals surface area (Å²) in [6.07, 6.45) is 10.7. The summed E-state index contributed by atoms with van der Waals surface area (Å²) in [5.74, 6) is 0. The summed E-state index contributed by atoms with van der Waals surface area (Å²) < 4.78 is 5.19. The fourth-order valence-electron chi connectivity index (χ4n) is 2.50. The molecule has 4 rings (SSSR count). The SMILES string of the molecule is Cn1cc(-c2cc(-n3cccn3)c3c(C#N)cnn3c2)cn1. The van der Waals surface area contributed by atoms with Gasteiger partial charge in [-0.15, -0.1) is 0 Å². The molecule has 0 bridgehead atoms. The van der Waals surface area contributed by atoms with Crippen molar-refractivity contribution in [1.29, 1.82) is 5.26 Å². The molecule has 0 aliphatic heterocycles. The molecule has 0 saturated heterocycles. The van der Waals surface area contributed by atoms with Gasteiger partial charge in [0, 0.05) is 43.0 Å². The Kier molecular flexibility index (Phi) is 2.56. The van der Waals surface area contributed by atoms with Crippen molar-refractivity contribution < 1.29 is 0 Å². The molecule has 0 aliphatic rings. The van der Waals surface area contributed by atoms with Gasteiger partial charge in [0.1, 0.15) is 11.6 Å². The maximum atomic E-state index is 9.29. The molecule has 0 N–H and O–H groups in total. The number of fused-ring (bicyclic) bond motifs is 1. The molecule has 0 aromatic carbocycles. The quantitative estimate of drug-likeness (QED) is 0.563. The second-order valence-corrected chi connectivity index (χ2v) is 4.93. The van der Waals surface area contributed by atoms with Crippen molar-refractivity contribution in [2.24, 2.45) is 7.05 Å². The Bertz CT molecular complexity index is 999. The minimum atomic E-state index is 0.517. The third-order valence-electron chi connectivity index (χ3n) is 3.50. The summed E-state index contributed by atoms with van der Waals surface area (Å²) in [4.78, 5) is 0. The van der Waals surface area contributed by atoms with Crippen molar-refractivity contribution in [2.75, 3.05) is 0 Å². The zero-order valence-corrected chi connectivity index (χ0v) is 11.7. The molecule has 0 saturated carbocycles.